The summed E-state index contributed by atoms with van der Waals surface area (Å²) in [5, 5.41) is 0.622. The Morgan fingerprint density at radius 2 is 1.74 bits per heavy atom. The maximum Gasteiger partial charge on any atom is 0.177 e. The summed E-state index contributed by atoms with van der Waals surface area (Å²) < 4.78 is 0. The van der Waals surface area contributed by atoms with E-state index in [0.717, 1.165) is 23.3 Å². The third kappa shape index (κ3) is 3.19. The molecule has 0 bridgehead atoms. The van der Waals surface area contributed by atoms with Crippen LogP contribution in [0.2, 0.25) is 0 Å². The number of rotatable bonds is 3. The second-order valence-corrected chi connectivity index (χ2v) is 7.82. The molecule has 0 amide bonds. The number of thioether (sulfide) groups is 2. The van der Waals surface area contributed by atoms with Gasteiger partial charge in [-0.1, -0.05) is 13.0 Å². The van der Waals surface area contributed by atoms with Crippen molar-refractivity contribution < 1.29 is 4.79 Å². The van der Waals surface area contributed by atoms with E-state index in [1.54, 1.807) is 0 Å². The van der Waals surface area contributed by atoms with Crippen molar-refractivity contribution in [2.45, 2.75) is 44.6 Å². The quantitative estimate of drug-likeness (QED) is 0.768. The van der Waals surface area contributed by atoms with Crippen LogP contribution in [0.25, 0.3) is 0 Å². The van der Waals surface area contributed by atoms with Gasteiger partial charge in [0.15, 0.2) is 5.78 Å². The molecule has 0 saturated carbocycles. The first-order chi connectivity index (χ1) is 9.04. The van der Waals surface area contributed by atoms with Gasteiger partial charge in [0.1, 0.15) is 0 Å². The molecule has 1 aliphatic rings. The van der Waals surface area contributed by atoms with Crippen LogP contribution >= 0.6 is 23.5 Å². The van der Waals surface area contributed by atoms with Gasteiger partial charge in [0.05, 0.1) is 5.25 Å². The zero-order chi connectivity index (χ0) is 14.0. The average molecular weight is 294 g/mol. The Bertz CT molecular complexity index is 482. The summed E-state index contributed by atoms with van der Waals surface area (Å²) >= 11 is 3.81. The number of hydrogen-bond acceptors (Lipinski definition) is 3. The molecule has 0 N–H and O–H groups in total. The van der Waals surface area contributed by atoms with Gasteiger partial charge in [-0.15, -0.1) is 11.8 Å². The minimum absolute atomic E-state index is 0.143. The molecular weight excluding hydrogens is 272 g/mol. The predicted molar refractivity (Wildman–Crippen MR) is 87.8 cm³/mol. The van der Waals surface area contributed by atoms with Crippen molar-refractivity contribution in [2.24, 2.45) is 0 Å². The number of aryl methyl sites for hydroxylation is 3. The van der Waals surface area contributed by atoms with E-state index in [1.807, 2.05) is 23.5 Å². The monoisotopic (exact) mass is 294 g/mol. The lowest BCUT2D eigenvalue weighted by molar-refractivity contribution is 0.0987. The van der Waals surface area contributed by atoms with Crippen LogP contribution in [0.1, 0.15) is 40.4 Å². The van der Waals surface area contributed by atoms with Crippen molar-refractivity contribution in [3.8, 4) is 0 Å². The molecule has 1 aromatic carbocycles. The molecular formula is C16H22OS2. The van der Waals surface area contributed by atoms with Gasteiger partial charge in [0, 0.05) is 22.3 Å². The second-order valence-electron chi connectivity index (χ2n) is 5.22. The second kappa shape index (κ2) is 6.36. The van der Waals surface area contributed by atoms with Crippen LogP contribution in [0.4, 0.5) is 0 Å². The number of hydrogen-bond donors (Lipinski definition) is 0. The van der Waals surface area contributed by atoms with Crippen LogP contribution in [0, 0.1) is 20.8 Å². The van der Waals surface area contributed by atoms with Crippen molar-refractivity contribution >= 4 is 29.3 Å². The molecule has 1 fully saturated rings. The van der Waals surface area contributed by atoms with Crippen molar-refractivity contribution in [3.63, 3.8) is 0 Å². The fourth-order valence-electron chi connectivity index (χ4n) is 2.52. The summed E-state index contributed by atoms with van der Waals surface area (Å²) in [5.41, 5.74) is 4.54. The molecule has 3 heteroatoms. The van der Waals surface area contributed by atoms with E-state index >= 15 is 0 Å². The first-order valence-electron chi connectivity index (χ1n) is 6.89. The fraction of sp³-hybridized carbons (Fsp3) is 0.562. The summed E-state index contributed by atoms with van der Waals surface area (Å²) in [6.45, 7) is 8.45. The Morgan fingerprint density at radius 3 is 2.42 bits per heavy atom. The zero-order valence-corrected chi connectivity index (χ0v) is 13.8. The molecule has 2 unspecified atom stereocenters. The van der Waals surface area contributed by atoms with Gasteiger partial charge in [-0.05, 0) is 49.9 Å². The minimum Gasteiger partial charge on any atom is -0.293 e. The van der Waals surface area contributed by atoms with Crippen LogP contribution < -0.4 is 0 Å². The van der Waals surface area contributed by atoms with Crippen LogP contribution in [0.15, 0.2) is 12.1 Å². The molecule has 1 aliphatic heterocycles. The summed E-state index contributed by atoms with van der Waals surface area (Å²) in [6, 6.07) is 4.23. The van der Waals surface area contributed by atoms with E-state index in [-0.39, 0.29) is 5.25 Å². The normalized spacial score (nSPS) is 23.4. The maximum absolute atomic E-state index is 12.8. The Morgan fingerprint density at radius 1 is 1.11 bits per heavy atom. The number of Topliss-reactive ketones (excluding diaryl/α,β-unsaturated/α-hetero) is 1. The third-order valence-corrected chi connectivity index (χ3v) is 7.06. The molecule has 1 heterocycles. The topological polar surface area (TPSA) is 17.1 Å². The Kier molecular flexibility index (Phi) is 5.02. The van der Waals surface area contributed by atoms with Gasteiger partial charge < -0.3 is 0 Å². The van der Waals surface area contributed by atoms with E-state index in [1.165, 1.54) is 16.9 Å². The largest absolute Gasteiger partial charge is 0.293 e. The van der Waals surface area contributed by atoms with Gasteiger partial charge in [-0.3, -0.25) is 4.79 Å². The number of ketones is 1. The summed E-state index contributed by atoms with van der Waals surface area (Å²) in [4.78, 5) is 12.8. The van der Waals surface area contributed by atoms with Crippen molar-refractivity contribution in [1.82, 2.24) is 0 Å². The molecule has 1 aromatic rings. The zero-order valence-electron chi connectivity index (χ0n) is 12.2. The summed E-state index contributed by atoms with van der Waals surface area (Å²) in [7, 11) is 0. The van der Waals surface area contributed by atoms with Crippen molar-refractivity contribution in [2.75, 3.05) is 11.5 Å². The molecule has 0 spiro atoms. The molecule has 1 saturated heterocycles. The Labute approximate surface area is 124 Å². The molecule has 1 nitrogen and oxygen atoms in total. The molecule has 2 rings (SSSR count). The highest BCUT2D eigenvalue weighted by Gasteiger charge is 2.32. The Balaban J connectivity index is 2.30. The SMILES string of the molecule is CCC1SCCSC1C(=O)c1cc(C)c(C)cc1C. The highest BCUT2D eigenvalue weighted by Crippen LogP contribution is 2.35. The lowest BCUT2D eigenvalue weighted by Gasteiger charge is -2.29. The molecule has 104 valence electrons. The Hall–Kier alpha value is -0.410. The van der Waals surface area contributed by atoms with Gasteiger partial charge >= 0.3 is 0 Å². The van der Waals surface area contributed by atoms with E-state index in [2.05, 4.69) is 39.8 Å². The molecule has 19 heavy (non-hydrogen) atoms. The van der Waals surface area contributed by atoms with E-state index < -0.39 is 0 Å². The van der Waals surface area contributed by atoms with Crippen LogP contribution in [0.3, 0.4) is 0 Å². The van der Waals surface area contributed by atoms with E-state index in [0.29, 0.717) is 11.0 Å². The average Bonchev–Trinajstić information content (AvgIpc) is 2.42. The summed E-state index contributed by atoms with van der Waals surface area (Å²) in [5.74, 6) is 2.62. The number of carbonyl (C=O) groups is 1. The standard InChI is InChI=1S/C16H22OS2/c1-5-14-16(19-7-6-18-14)15(17)13-9-11(3)10(2)8-12(13)4/h8-9,14,16H,5-7H2,1-4H3. The number of carbonyl (C=O) groups excluding carboxylic acids is 1. The van der Waals surface area contributed by atoms with Crippen molar-refractivity contribution in [1.29, 1.82) is 0 Å². The minimum atomic E-state index is 0.143. The highest BCUT2D eigenvalue weighted by atomic mass is 32.2. The molecule has 0 aromatic heterocycles. The third-order valence-electron chi connectivity index (χ3n) is 3.82. The van der Waals surface area contributed by atoms with Gasteiger partial charge in [-0.25, -0.2) is 0 Å². The van der Waals surface area contributed by atoms with Crippen molar-refractivity contribution in [3.05, 3.63) is 34.4 Å². The van der Waals surface area contributed by atoms with E-state index in [9.17, 15) is 4.79 Å². The molecule has 0 radical (unpaired) electrons. The lowest BCUT2D eigenvalue weighted by Crippen LogP contribution is -2.33. The maximum atomic E-state index is 12.8. The predicted octanol–water partition coefficient (Wildman–Crippen LogP) is 4.42. The van der Waals surface area contributed by atoms with Gasteiger partial charge in [-0.2, -0.15) is 11.8 Å². The van der Waals surface area contributed by atoms with Gasteiger partial charge in [0.2, 0.25) is 0 Å². The molecule has 0 aliphatic carbocycles. The lowest BCUT2D eigenvalue weighted by atomic mass is 9.95. The van der Waals surface area contributed by atoms with Crippen LogP contribution in [-0.4, -0.2) is 27.8 Å². The van der Waals surface area contributed by atoms with Gasteiger partial charge in [0.25, 0.3) is 0 Å². The van der Waals surface area contributed by atoms with E-state index in [4.69, 9.17) is 0 Å². The van der Waals surface area contributed by atoms with Crippen LogP contribution in [-0.2, 0) is 0 Å². The molecule has 2 atom stereocenters. The van der Waals surface area contributed by atoms with Crippen LogP contribution in [0.5, 0.6) is 0 Å². The smallest absolute Gasteiger partial charge is 0.177 e. The first-order valence-corrected chi connectivity index (χ1v) is 8.99. The first kappa shape index (κ1) is 15.0. The highest BCUT2D eigenvalue weighted by molar-refractivity contribution is 8.07. The summed E-state index contributed by atoms with van der Waals surface area (Å²) in [6.07, 6.45) is 1.08. The fourth-order valence-corrected chi connectivity index (χ4v) is 5.54. The number of benzene rings is 1.